The Kier molecular flexibility index (Phi) is 2.92. The SMILES string of the molecule is CCc1c(C)nn(-c2ccc(N)c(C)c2)c1C. The van der Waals surface area contributed by atoms with Gasteiger partial charge in [-0.3, -0.25) is 0 Å². The molecule has 0 aliphatic rings. The van der Waals surface area contributed by atoms with Crippen molar-refractivity contribution in [3.63, 3.8) is 0 Å². The lowest BCUT2D eigenvalue weighted by molar-refractivity contribution is 0.832. The summed E-state index contributed by atoms with van der Waals surface area (Å²) in [6, 6.07) is 6.03. The summed E-state index contributed by atoms with van der Waals surface area (Å²) in [6.07, 6.45) is 1.02. The quantitative estimate of drug-likeness (QED) is 0.805. The van der Waals surface area contributed by atoms with Gasteiger partial charge in [0.15, 0.2) is 0 Å². The van der Waals surface area contributed by atoms with Crippen LogP contribution in [0.4, 0.5) is 5.69 Å². The zero-order valence-corrected chi connectivity index (χ0v) is 10.9. The van der Waals surface area contributed by atoms with Crippen LogP contribution in [-0.2, 0) is 6.42 Å². The number of aromatic nitrogens is 2. The molecule has 2 aromatic rings. The van der Waals surface area contributed by atoms with Crippen LogP contribution in [0.3, 0.4) is 0 Å². The summed E-state index contributed by atoms with van der Waals surface area (Å²) in [5.74, 6) is 0. The van der Waals surface area contributed by atoms with Crippen LogP contribution in [-0.4, -0.2) is 9.78 Å². The third-order valence-electron chi connectivity index (χ3n) is 3.29. The zero-order valence-electron chi connectivity index (χ0n) is 10.9. The Morgan fingerprint density at radius 1 is 1.24 bits per heavy atom. The minimum atomic E-state index is 0.825. The van der Waals surface area contributed by atoms with Gasteiger partial charge in [-0.1, -0.05) is 6.92 Å². The molecule has 3 heteroatoms. The molecule has 1 aromatic carbocycles. The molecule has 0 fully saturated rings. The van der Waals surface area contributed by atoms with E-state index in [1.165, 1.54) is 11.3 Å². The van der Waals surface area contributed by atoms with E-state index < -0.39 is 0 Å². The highest BCUT2D eigenvalue weighted by Gasteiger charge is 2.11. The second-order valence-corrected chi connectivity index (χ2v) is 4.46. The maximum Gasteiger partial charge on any atom is 0.0653 e. The van der Waals surface area contributed by atoms with Gasteiger partial charge in [0.05, 0.1) is 11.4 Å². The van der Waals surface area contributed by atoms with Gasteiger partial charge in [-0.2, -0.15) is 5.10 Å². The number of nitrogen functional groups attached to an aromatic ring is 1. The summed E-state index contributed by atoms with van der Waals surface area (Å²) >= 11 is 0. The topological polar surface area (TPSA) is 43.8 Å². The second kappa shape index (κ2) is 4.24. The standard InChI is InChI=1S/C14H19N3/c1-5-13-10(3)16-17(11(13)4)12-6-7-14(15)9(2)8-12/h6-8H,5,15H2,1-4H3. The molecule has 1 heterocycles. The average Bonchev–Trinajstić information content (AvgIpc) is 2.58. The molecule has 0 bridgehead atoms. The Bertz CT molecular complexity index is 553. The summed E-state index contributed by atoms with van der Waals surface area (Å²) in [4.78, 5) is 0. The van der Waals surface area contributed by atoms with Gasteiger partial charge in [0.1, 0.15) is 0 Å². The minimum Gasteiger partial charge on any atom is -0.399 e. The monoisotopic (exact) mass is 229 g/mol. The highest BCUT2D eigenvalue weighted by Crippen LogP contribution is 2.21. The van der Waals surface area contributed by atoms with Crippen LogP contribution >= 0.6 is 0 Å². The number of hydrogen-bond donors (Lipinski definition) is 1. The molecule has 3 nitrogen and oxygen atoms in total. The van der Waals surface area contributed by atoms with Gasteiger partial charge < -0.3 is 5.73 Å². The molecule has 17 heavy (non-hydrogen) atoms. The van der Waals surface area contributed by atoms with Crippen molar-refractivity contribution >= 4 is 5.69 Å². The number of nitrogens with zero attached hydrogens (tertiary/aromatic N) is 2. The van der Waals surface area contributed by atoms with Crippen LogP contribution in [0.1, 0.15) is 29.4 Å². The van der Waals surface area contributed by atoms with E-state index in [0.717, 1.165) is 29.1 Å². The first-order valence-corrected chi connectivity index (χ1v) is 5.96. The minimum absolute atomic E-state index is 0.825. The normalized spacial score (nSPS) is 10.8. The fourth-order valence-electron chi connectivity index (χ4n) is 2.23. The lowest BCUT2D eigenvalue weighted by atomic mass is 10.1. The number of aryl methyl sites for hydroxylation is 2. The van der Waals surface area contributed by atoms with E-state index in [0.29, 0.717) is 0 Å². The Morgan fingerprint density at radius 3 is 2.47 bits per heavy atom. The van der Waals surface area contributed by atoms with Gasteiger partial charge in [-0.15, -0.1) is 0 Å². The smallest absolute Gasteiger partial charge is 0.0653 e. The summed E-state index contributed by atoms with van der Waals surface area (Å²) in [6.45, 7) is 8.36. The van der Waals surface area contributed by atoms with Crippen LogP contribution in [0.5, 0.6) is 0 Å². The fourth-order valence-corrected chi connectivity index (χ4v) is 2.23. The number of hydrogen-bond acceptors (Lipinski definition) is 2. The van der Waals surface area contributed by atoms with Crippen molar-refractivity contribution in [1.29, 1.82) is 0 Å². The van der Waals surface area contributed by atoms with Crippen LogP contribution in [0.25, 0.3) is 5.69 Å². The van der Waals surface area contributed by atoms with Crippen molar-refractivity contribution < 1.29 is 0 Å². The van der Waals surface area contributed by atoms with Gasteiger partial charge in [-0.05, 0) is 56.5 Å². The molecule has 0 unspecified atom stereocenters. The summed E-state index contributed by atoms with van der Waals surface area (Å²) in [5, 5.41) is 4.60. The van der Waals surface area contributed by atoms with Crippen LogP contribution in [0, 0.1) is 20.8 Å². The third kappa shape index (κ3) is 1.93. The molecule has 0 saturated carbocycles. The maximum absolute atomic E-state index is 5.84. The lowest BCUT2D eigenvalue weighted by Gasteiger charge is -2.07. The van der Waals surface area contributed by atoms with Crippen molar-refractivity contribution in [2.45, 2.75) is 34.1 Å². The zero-order chi connectivity index (χ0) is 12.6. The Labute approximate surface area is 102 Å². The molecule has 0 amide bonds. The van der Waals surface area contributed by atoms with Crippen LogP contribution in [0.15, 0.2) is 18.2 Å². The van der Waals surface area contributed by atoms with Crippen molar-refractivity contribution in [3.8, 4) is 5.69 Å². The van der Waals surface area contributed by atoms with E-state index in [1.54, 1.807) is 0 Å². The number of benzene rings is 1. The van der Waals surface area contributed by atoms with Gasteiger partial charge >= 0.3 is 0 Å². The molecule has 1 aromatic heterocycles. The first-order chi connectivity index (χ1) is 8.04. The van der Waals surface area contributed by atoms with E-state index >= 15 is 0 Å². The predicted octanol–water partition coefficient (Wildman–Crippen LogP) is 2.94. The van der Waals surface area contributed by atoms with Crippen molar-refractivity contribution in [3.05, 3.63) is 40.7 Å². The summed E-state index contributed by atoms with van der Waals surface area (Å²) in [5.41, 5.74) is 12.5. The third-order valence-corrected chi connectivity index (χ3v) is 3.29. The van der Waals surface area contributed by atoms with E-state index in [9.17, 15) is 0 Å². The van der Waals surface area contributed by atoms with Crippen molar-refractivity contribution in [2.24, 2.45) is 0 Å². The van der Waals surface area contributed by atoms with Gasteiger partial charge in [-0.25, -0.2) is 4.68 Å². The Balaban J connectivity index is 2.57. The van der Waals surface area contributed by atoms with Gasteiger partial charge in [0.25, 0.3) is 0 Å². The first kappa shape index (κ1) is 11.7. The summed E-state index contributed by atoms with van der Waals surface area (Å²) < 4.78 is 2.00. The largest absolute Gasteiger partial charge is 0.399 e. The van der Waals surface area contributed by atoms with E-state index in [1.807, 2.05) is 23.7 Å². The molecular weight excluding hydrogens is 210 g/mol. The molecule has 0 saturated heterocycles. The van der Waals surface area contributed by atoms with Crippen LogP contribution < -0.4 is 5.73 Å². The maximum atomic E-state index is 5.84. The van der Waals surface area contributed by atoms with Crippen molar-refractivity contribution in [2.75, 3.05) is 5.73 Å². The fraction of sp³-hybridized carbons (Fsp3) is 0.357. The average molecular weight is 229 g/mol. The first-order valence-electron chi connectivity index (χ1n) is 5.96. The molecule has 0 aliphatic heterocycles. The molecule has 0 radical (unpaired) electrons. The second-order valence-electron chi connectivity index (χ2n) is 4.46. The highest BCUT2D eigenvalue weighted by molar-refractivity contribution is 5.52. The molecular formula is C14H19N3. The molecule has 90 valence electrons. The van der Waals surface area contributed by atoms with Gasteiger partial charge in [0.2, 0.25) is 0 Å². The molecule has 0 aliphatic carbocycles. The summed E-state index contributed by atoms with van der Waals surface area (Å²) in [7, 11) is 0. The molecule has 2 rings (SSSR count). The molecule has 2 N–H and O–H groups in total. The van der Waals surface area contributed by atoms with Crippen LogP contribution in [0.2, 0.25) is 0 Å². The number of anilines is 1. The Hall–Kier alpha value is -1.77. The molecule has 0 atom stereocenters. The molecule has 0 spiro atoms. The number of nitrogens with two attached hydrogens (primary N) is 1. The number of rotatable bonds is 2. The predicted molar refractivity (Wildman–Crippen MR) is 71.6 cm³/mol. The van der Waals surface area contributed by atoms with Crippen molar-refractivity contribution in [1.82, 2.24) is 9.78 Å². The highest BCUT2D eigenvalue weighted by atomic mass is 15.3. The van der Waals surface area contributed by atoms with Gasteiger partial charge in [0, 0.05) is 11.4 Å². The van der Waals surface area contributed by atoms with E-state index in [2.05, 4.69) is 31.9 Å². The Morgan fingerprint density at radius 2 is 1.94 bits per heavy atom. The lowest BCUT2D eigenvalue weighted by Crippen LogP contribution is -2.01. The van der Waals surface area contributed by atoms with E-state index in [-0.39, 0.29) is 0 Å². The van der Waals surface area contributed by atoms with E-state index in [4.69, 9.17) is 5.73 Å².